The highest BCUT2D eigenvalue weighted by atomic mass is 32.2. The number of thiophene rings is 1. The third-order valence-corrected chi connectivity index (χ3v) is 7.90. The second kappa shape index (κ2) is 9.00. The highest BCUT2D eigenvalue weighted by Crippen LogP contribution is 2.35. The first kappa shape index (κ1) is 23.0. The molecule has 1 aliphatic heterocycles. The van der Waals surface area contributed by atoms with Gasteiger partial charge in [-0.3, -0.25) is 19.1 Å². The number of carbonyl (C=O) groups is 1. The fourth-order valence-corrected chi connectivity index (χ4v) is 6.24. The number of likely N-dealkylation sites (N-methyl/N-ethyl adjacent to an activating group) is 1. The zero-order valence-electron chi connectivity index (χ0n) is 19.2. The van der Waals surface area contributed by atoms with Crippen molar-refractivity contribution in [2.75, 3.05) is 26.0 Å². The van der Waals surface area contributed by atoms with Crippen molar-refractivity contribution in [3.63, 3.8) is 0 Å². The molecule has 0 bridgehead atoms. The van der Waals surface area contributed by atoms with E-state index in [0.717, 1.165) is 41.8 Å². The van der Waals surface area contributed by atoms with Crippen LogP contribution in [0.4, 0.5) is 0 Å². The summed E-state index contributed by atoms with van der Waals surface area (Å²) >= 11 is 2.94. The Morgan fingerprint density at radius 2 is 2.09 bits per heavy atom. The van der Waals surface area contributed by atoms with E-state index in [0.29, 0.717) is 16.6 Å². The summed E-state index contributed by atoms with van der Waals surface area (Å²) in [6.07, 6.45) is 0.854. The van der Waals surface area contributed by atoms with E-state index in [4.69, 9.17) is 9.72 Å². The second-order valence-corrected chi connectivity index (χ2v) is 11.0. The molecular formula is C24H29N3O3S2. The van der Waals surface area contributed by atoms with Gasteiger partial charge in [-0.15, -0.1) is 11.3 Å². The third kappa shape index (κ3) is 4.36. The summed E-state index contributed by atoms with van der Waals surface area (Å²) in [5.41, 5.74) is 1.31. The smallest absolute Gasteiger partial charge is 0.267 e. The maximum Gasteiger partial charge on any atom is 0.267 e. The second-order valence-electron chi connectivity index (χ2n) is 9.00. The maximum atomic E-state index is 13.9. The lowest BCUT2D eigenvalue weighted by Gasteiger charge is -2.25. The van der Waals surface area contributed by atoms with Crippen LogP contribution in [-0.4, -0.2) is 46.2 Å². The first-order valence-corrected chi connectivity index (χ1v) is 12.6. The molecule has 6 nitrogen and oxygen atoms in total. The van der Waals surface area contributed by atoms with Crippen LogP contribution >= 0.6 is 23.1 Å². The van der Waals surface area contributed by atoms with E-state index in [-0.39, 0.29) is 17.1 Å². The Labute approximate surface area is 196 Å². The molecule has 0 spiro atoms. The number of ketones is 1. The van der Waals surface area contributed by atoms with E-state index in [9.17, 15) is 9.59 Å². The zero-order chi connectivity index (χ0) is 23.0. The lowest BCUT2D eigenvalue weighted by atomic mass is 9.92. The van der Waals surface area contributed by atoms with Crippen LogP contribution in [0.15, 0.2) is 34.2 Å². The van der Waals surface area contributed by atoms with Crippen LogP contribution in [-0.2, 0) is 17.8 Å². The van der Waals surface area contributed by atoms with Crippen molar-refractivity contribution in [3.05, 3.63) is 45.1 Å². The van der Waals surface area contributed by atoms with Crippen molar-refractivity contribution in [2.45, 2.75) is 45.8 Å². The van der Waals surface area contributed by atoms with Crippen molar-refractivity contribution in [3.8, 4) is 11.4 Å². The minimum atomic E-state index is -0.441. The van der Waals surface area contributed by atoms with Gasteiger partial charge in [0.05, 0.1) is 23.9 Å². The number of rotatable bonds is 6. The molecule has 0 amide bonds. The van der Waals surface area contributed by atoms with Crippen LogP contribution in [0.5, 0.6) is 5.75 Å². The number of ether oxygens (including phenoxy) is 1. The number of aromatic nitrogens is 2. The summed E-state index contributed by atoms with van der Waals surface area (Å²) in [6.45, 7) is 10.7. The number of hydrogen-bond acceptors (Lipinski definition) is 7. The average Bonchev–Trinajstić information content (AvgIpc) is 3.14. The fraction of sp³-hybridized carbons (Fsp3) is 0.458. The molecule has 1 aromatic carbocycles. The molecule has 1 aliphatic rings. The zero-order valence-corrected chi connectivity index (χ0v) is 20.9. The molecule has 8 heteroatoms. The van der Waals surface area contributed by atoms with Gasteiger partial charge in [0.15, 0.2) is 5.16 Å². The van der Waals surface area contributed by atoms with Gasteiger partial charge in [0.1, 0.15) is 16.4 Å². The van der Waals surface area contributed by atoms with Gasteiger partial charge in [-0.2, -0.15) is 0 Å². The van der Waals surface area contributed by atoms with Gasteiger partial charge in [0.2, 0.25) is 0 Å². The molecule has 0 aliphatic carbocycles. The quantitative estimate of drug-likeness (QED) is 0.388. The predicted octanol–water partition coefficient (Wildman–Crippen LogP) is 4.54. The van der Waals surface area contributed by atoms with Crippen LogP contribution in [0, 0.1) is 5.41 Å². The normalized spacial score (nSPS) is 14.5. The molecule has 3 aromatic rings. The van der Waals surface area contributed by atoms with Gasteiger partial charge in [0.25, 0.3) is 5.56 Å². The van der Waals surface area contributed by atoms with Gasteiger partial charge in [-0.05, 0) is 30.7 Å². The van der Waals surface area contributed by atoms with E-state index in [2.05, 4.69) is 11.8 Å². The molecule has 0 N–H and O–H groups in total. The summed E-state index contributed by atoms with van der Waals surface area (Å²) in [4.78, 5) is 35.7. The van der Waals surface area contributed by atoms with Gasteiger partial charge in [0, 0.05) is 29.4 Å². The monoisotopic (exact) mass is 471 g/mol. The summed E-state index contributed by atoms with van der Waals surface area (Å²) in [7, 11) is 1.61. The highest BCUT2D eigenvalue weighted by molar-refractivity contribution is 7.99. The van der Waals surface area contributed by atoms with Gasteiger partial charge >= 0.3 is 0 Å². The fourth-order valence-electron chi connectivity index (χ4n) is 3.77. The van der Waals surface area contributed by atoms with E-state index in [1.165, 1.54) is 16.6 Å². The molecule has 0 fully saturated rings. The Kier molecular flexibility index (Phi) is 6.47. The molecule has 0 atom stereocenters. The number of methoxy groups -OCH3 is 1. The van der Waals surface area contributed by atoms with Crippen molar-refractivity contribution >= 4 is 39.1 Å². The van der Waals surface area contributed by atoms with E-state index in [1.54, 1.807) is 23.0 Å². The minimum absolute atomic E-state index is 0.0728. The molecule has 32 heavy (non-hydrogen) atoms. The molecule has 0 saturated carbocycles. The molecule has 0 unspecified atom stereocenters. The molecule has 2 aromatic heterocycles. The Morgan fingerprint density at radius 1 is 1.31 bits per heavy atom. The number of benzene rings is 1. The van der Waals surface area contributed by atoms with Crippen molar-refractivity contribution in [1.82, 2.24) is 14.5 Å². The molecule has 3 heterocycles. The maximum absolute atomic E-state index is 13.9. The first-order chi connectivity index (χ1) is 15.2. The number of Topliss-reactive ketones (excluding diaryl/α,β-unsaturated/α-hetero) is 1. The van der Waals surface area contributed by atoms with E-state index in [1.807, 2.05) is 45.0 Å². The minimum Gasteiger partial charge on any atom is -0.497 e. The standard InChI is InChI=1S/C24H29N3O3S2/c1-6-26-11-10-17-18(13-26)32-21-20(17)22(29)27(15-8-7-9-16(12-15)30-5)23(25-21)31-14-19(28)24(2,3)4/h7-9,12H,6,10-11,13-14H2,1-5H3. The predicted molar refractivity (Wildman–Crippen MR) is 132 cm³/mol. The van der Waals surface area contributed by atoms with Crippen molar-refractivity contribution < 1.29 is 9.53 Å². The number of hydrogen-bond donors (Lipinski definition) is 0. The molecule has 0 saturated heterocycles. The Hall–Kier alpha value is -2.16. The lowest BCUT2D eigenvalue weighted by Crippen LogP contribution is -2.30. The van der Waals surface area contributed by atoms with Gasteiger partial charge < -0.3 is 4.74 Å². The molecular weight excluding hydrogens is 442 g/mol. The SMILES string of the molecule is CCN1CCc2c(sc3nc(SCC(=O)C(C)(C)C)n(-c4cccc(OC)c4)c(=O)c23)C1. The molecule has 0 radical (unpaired) electrons. The lowest BCUT2D eigenvalue weighted by molar-refractivity contribution is -0.123. The largest absolute Gasteiger partial charge is 0.497 e. The Balaban J connectivity index is 1.88. The summed E-state index contributed by atoms with van der Waals surface area (Å²) in [5, 5.41) is 1.26. The summed E-state index contributed by atoms with van der Waals surface area (Å²) in [5.74, 6) is 1.06. The first-order valence-electron chi connectivity index (χ1n) is 10.8. The summed E-state index contributed by atoms with van der Waals surface area (Å²) in [6, 6.07) is 7.43. The van der Waals surface area contributed by atoms with E-state index < -0.39 is 5.41 Å². The van der Waals surface area contributed by atoms with E-state index >= 15 is 0 Å². The number of carbonyl (C=O) groups excluding carboxylic acids is 1. The summed E-state index contributed by atoms with van der Waals surface area (Å²) < 4.78 is 7.03. The highest BCUT2D eigenvalue weighted by Gasteiger charge is 2.27. The number of thioether (sulfide) groups is 1. The molecule has 170 valence electrons. The van der Waals surface area contributed by atoms with Crippen LogP contribution in [0.25, 0.3) is 15.9 Å². The van der Waals surface area contributed by atoms with Gasteiger partial charge in [-0.25, -0.2) is 4.98 Å². The average molecular weight is 472 g/mol. The molecule has 4 rings (SSSR count). The van der Waals surface area contributed by atoms with Crippen LogP contribution in [0.1, 0.15) is 38.1 Å². The Morgan fingerprint density at radius 3 is 2.78 bits per heavy atom. The van der Waals surface area contributed by atoms with Gasteiger partial charge in [-0.1, -0.05) is 45.5 Å². The number of nitrogens with zero attached hydrogens (tertiary/aromatic N) is 3. The topological polar surface area (TPSA) is 64.4 Å². The van der Waals surface area contributed by atoms with Crippen molar-refractivity contribution in [2.24, 2.45) is 5.41 Å². The third-order valence-electron chi connectivity index (χ3n) is 5.85. The Bertz CT molecular complexity index is 1220. The van der Waals surface area contributed by atoms with Crippen LogP contribution in [0.3, 0.4) is 0 Å². The van der Waals surface area contributed by atoms with Crippen LogP contribution < -0.4 is 10.3 Å². The number of fused-ring (bicyclic) bond motifs is 3. The van der Waals surface area contributed by atoms with Crippen LogP contribution in [0.2, 0.25) is 0 Å². The van der Waals surface area contributed by atoms with Crippen molar-refractivity contribution in [1.29, 1.82) is 0 Å².